The topological polar surface area (TPSA) is 99.6 Å². The van der Waals surface area contributed by atoms with Crippen molar-refractivity contribution in [3.05, 3.63) is 6.33 Å². The molecule has 2 rings (SSSR count). The Morgan fingerprint density at radius 2 is 2.40 bits per heavy atom. The normalized spacial score (nSPS) is 10.7. The van der Waals surface area contributed by atoms with Crippen LogP contribution in [0.4, 0.5) is 0 Å². The van der Waals surface area contributed by atoms with Crippen LogP contribution in [0.25, 0.3) is 11.2 Å². The van der Waals surface area contributed by atoms with Crippen molar-refractivity contribution >= 4 is 28.8 Å². The molecule has 2 heterocycles. The van der Waals surface area contributed by atoms with E-state index in [1.807, 2.05) is 0 Å². The van der Waals surface area contributed by atoms with E-state index >= 15 is 0 Å². The number of carbonyl (C=O) groups is 1. The number of hydrogen-bond acceptors (Lipinski definition) is 6. The molecule has 7 nitrogen and oxygen atoms in total. The van der Waals surface area contributed by atoms with E-state index in [0.717, 1.165) is 0 Å². The first kappa shape index (κ1) is 9.84. The van der Waals surface area contributed by atoms with Crippen molar-refractivity contribution in [3.63, 3.8) is 0 Å². The summed E-state index contributed by atoms with van der Waals surface area (Å²) in [5.41, 5.74) is 6.27. The standard InChI is InChI=1S/C7H8N6OS/c1-13-6-5(11-12-13)7(10-3-9-6)15-2-4(8)14/h3H,2H2,1H3,(H2,8,14). The lowest BCUT2D eigenvalue weighted by molar-refractivity contribution is -0.115. The summed E-state index contributed by atoms with van der Waals surface area (Å²) < 4.78 is 1.55. The van der Waals surface area contributed by atoms with Crippen LogP contribution in [-0.4, -0.2) is 36.6 Å². The van der Waals surface area contributed by atoms with Gasteiger partial charge in [-0.25, -0.2) is 14.6 Å². The van der Waals surface area contributed by atoms with Crippen LogP contribution in [0.2, 0.25) is 0 Å². The number of thioether (sulfide) groups is 1. The Morgan fingerprint density at radius 3 is 3.13 bits per heavy atom. The third-order valence-electron chi connectivity index (χ3n) is 1.71. The van der Waals surface area contributed by atoms with Crippen molar-refractivity contribution < 1.29 is 4.79 Å². The average molecular weight is 224 g/mol. The van der Waals surface area contributed by atoms with Crippen molar-refractivity contribution in [3.8, 4) is 0 Å². The largest absolute Gasteiger partial charge is 0.369 e. The number of amides is 1. The molecule has 0 saturated carbocycles. The lowest BCUT2D eigenvalue weighted by Gasteiger charge is -1.97. The molecule has 0 aliphatic carbocycles. The van der Waals surface area contributed by atoms with Gasteiger partial charge >= 0.3 is 0 Å². The molecule has 15 heavy (non-hydrogen) atoms. The minimum Gasteiger partial charge on any atom is -0.369 e. The Bertz CT molecular complexity index is 509. The third kappa shape index (κ3) is 1.89. The van der Waals surface area contributed by atoms with Gasteiger partial charge in [0.05, 0.1) is 5.75 Å². The maximum absolute atomic E-state index is 10.6. The molecule has 8 heteroatoms. The highest BCUT2D eigenvalue weighted by molar-refractivity contribution is 8.00. The van der Waals surface area contributed by atoms with Crippen LogP contribution >= 0.6 is 11.8 Å². The summed E-state index contributed by atoms with van der Waals surface area (Å²) in [4.78, 5) is 18.7. The summed E-state index contributed by atoms with van der Waals surface area (Å²) >= 11 is 1.23. The first-order valence-corrected chi connectivity index (χ1v) is 5.08. The van der Waals surface area contributed by atoms with Crippen LogP contribution in [0.3, 0.4) is 0 Å². The monoisotopic (exact) mass is 224 g/mol. The molecular formula is C7H8N6OS. The fraction of sp³-hybridized carbons (Fsp3) is 0.286. The molecule has 2 aromatic rings. The predicted molar refractivity (Wildman–Crippen MR) is 54.0 cm³/mol. The van der Waals surface area contributed by atoms with Gasteiger partial charge in [-0.05, 0) is 0 Å². The van der Waals surface area contributed by atoms with Gasteiger partial charge < -0.3 is 5.73 Å². The number of rotatable bonds is 3. The zero-order valence-corrected chi connectivity index (χ0v) is 8.73. The van der Waals surface area contributed by atoms with Gasteiger partial charge in [0.25, 0.3) is 0 Å². The van der Waals surface area contributed by atoms with Crippen molar-refractivity contribution in [2.24, 2.45) is 12.8 Å². The molecule has 0 aliphatic heterocycles. The zero-order chi connectivity index (χ0) is 10.8. The Kier molecular flexibility index (Phi) is 2.50. The number of aromatic nitrogens is 5. The summed E-state index contributed by atoms with van der Waals surface area (Å²) in [6.07, 6.45) is 1.41. The van der Waals surface area contributed by atoms with E-state index in [9.17, 15) is 4.79 Å². The molecular weight excluding hydrogens is 216 g/mol. The van der Waals surface area contributed by atoms with E-state index in [1.165, 1.54) is 18.1 Å². The second kappa shape index (κ2) is 3.81. The minimum absolute atomic E-state index is 0.169. The van der Waals surface area contributed by atoms with Crippen LogP contribution in [0.15, 0.2) is 11.4 Å². The highest BCUT2D eigenvalue weighted by Gasteiger charge is 2.10. The van der Waals surface area contributed by atoms with Crippen molar-refractivity contribution in [1.82, 2.24) is 25.0 Å². The Balaban J connectivity index is 2.38. The van der Waals surface area contributed by atoms with Gasteiger partial charge in [-0.3, -0.25) is 4.79 Å². The third-order valence-corrected chi connectivity index (χ3v) is 2.71. The second-order valence-electron chi connectivity index (χ2n) is 2.82. The molecule has 2 aromatic heterocycles. The number of nitrogens with zero attached hydrogens (tertiary/aromatic N) is 5. The Labute approximate surface area is 89.1 Å². The van der Waals surface area contributed by atoms with Crippen LogP contribution in [-0.2, 0) is 11.8 Å². The lowest BCUT2D eigenvalue weighted by Crippen LogP contribution is -2.13. The van der Waals surface area contributed by atoms with Gasteiger partial charge in [-0.1, -0.05) is 17.0 Å². The lowest BCUT2D eigenvalue weighted by atomic mass is 10.5. The van der Waals surface area contributed by atoms with E-state index in [2.05, 4.69) is 20.3 Å². The second-order valence-corrected chi connectivity index (χ2v) is 3.78. The average Bonchev–Trinajstić information content (AvgIpc) is 2.58. The first-order chi connectivity index (χ1) is 7.18. The Hall–Kier alpha value is -1.70. The maximum atomic E-state index is 10.6. The first-order valence-electron chi connectivity index (χ1n) is 4.10. The summed E-state index contributed by atoms with van der Waals surface area (Å²) in [5.74, 6) is -0.224. The van der Waals surface area contributed by atoms with Crippen LogP contribution in [0.1, 0.15) is 0 Å². The number of fused-ring (bicyclic) bond motifs is 1. The van der Waals surface area contributed by atoms with Crippen LogP contribution < -0.4 is 5.73 Å². The predicted octanol–water partition coefficient (Wildman–Crippen LogP) is -0.664. The SMILES string of the molecule is Cn1nnc2c(SCC(N)=O)ncnc21. The number of carbonyl (C=O) groups excluding carboxylic acids is 1. The van der Waals surface area contributed by atoms with Gasteiger partial charge in [0, 0.05) is 7.05 Å². The van der Waals surface area contributed by atoms with Crippen LogP contribution in [0.5, 0.6) is 0 Å². The molecule has 0 radical (unpaired) electrons. The Morgan fingerprint density at radius 1 is 1.60 bits per heavy atom. The van der Waals surface area contributed by atoms with Gasteiger partial charge in [0.2, 0.25) is 5.91 Å². The van der Waals surface area contributed by atoms with E-state index in [4.69, 9.17) is 5.73 Å². The number of primary amides is 1. The van der Waals surface area contributed by atoms with E-state index in [-0.39, 0.29) is 5.75 Å². The molecule has 0 aromatic carbocycles. The fourth-order valence-corrected chi connectivity index (χ4v) is 1.75. The van der Waals surface area contributed by atoms with Crippen LogP contribution in [0, 0.1) is 0 Å². The summed E-state index contributed by atoms with van der Waals surface area (Å²) in [5, 5.41) is 8.35. The molecule has 0 bridgehead atoms. The van der Waals surface area contributed by atoms with Gasteiger partial charge in [-0.2, -0.15) is 0 Å². The number of aryl methyl sites for hydroxylation is 1. The van der Waals surface area contributed by atoms with Gasteiger partial charge in [0.1, 0.15) is 11.4 Å². The molecule has 0 fully saturated rings. The van der Waals surface area contributed by atoms with E-state index in [0.29, 0.717) is 16.2 Å². The van der Waals surface area contributed by atoms with E-state index in [1.54, 1.807) is 11.7 Å². The number of hydrogen-bond donors (Lipinski definition) is 1. The molecule has 0 unspecified atom stereocenters. The van der Waals surface area contributed by atoms with E-state index < -0.39 is 5.91 Å². The molecule has 0 aliphatic rings. The summed E-state index contributed by atoms with van der Waals surface area (Å²) in [7, 11) is 1.74. The molecule has 78 valence electrons. The van der Waals surface area contributed by atoms with Crippen molar-refractivity contribution in [1.29, 1.82) is 0 Å². The highest BCUT2D eigenvalue weighted by atomic mass is 32.2. The minimum atomic E-state index is -0.393. The van der Waals surface area contributed by atoms with Gasteiger partial charge in [0.15, 0.2) is 11.2 Å². The molecule has 0 atom stereocenters. The smallest absolute Gasteiger partial charge is 0.227 e. The quantitative estimate of drug-likeness (QED) is 0.548. The maximum Gasteiger partial charge on any atom is 0.227 e. The fourth-order valence-electron chi connectivity index (χ4n) is 1.08. The number of nitrogens with two attached hydrogens (primary N) is 1. The molecule has 2 N–H and O–H groups in total. The summed E-state index contributed by atoms with van der Waals surface area (Å²) in [6, 6.07) is 0. The summed E-state index contributed by atoms with van der Waals surface area (Å²) in [6.45, 7) is 0. The van der Waals surface area contributed by atoms with Gasteiger partial charge in [-0.15, -0.1) is 5.10 Å². The van der Waals surface area contributed by atoms with Crippen molar-refractivity contribution in [2.75, 3.05) is 5.75 Å². The van der Waals surface area contributed by atoms with Crippen molar-refractivity contribution in [2.45, 2.75) is 5.03 Å². The zero-order valence-electron chi connectivity index (χ0n) is 7.91. The highest BCUT2D eigenvalue weighted by Crippen LogP contribution is 2.21. The molecule has 1 amide bonds. The molecule has 0 saturated heterocycles. The molecule has 0 spiro atoms.